The Morgan fingerprint density at radius 1 is 1.02 bits per heavy atom. The summed E-state index contributed by atoms with van der Waals surface area (Å²) in [5.74, 6) is 0.00842. The van der Waals surface area contributed by atoms with Crippen LogP contribution in [0.2, 0.25) is 0 Å². The van der Waals surface area contributed by atoms with Gasteiger partial charge in [0.15, 0.2) is 22.7 Å². The maximum atomic E-state index is 14.3. The van der Waals surface area contributed by atoms with Crippen LogP contribution in [0, 0.1) is 15.5 Å². The molecular formula is C36H47N3O12S. The number of nitrogens with zero attached hydrogens (tertiary/aromatic N) is 3. The Kier molecular flexibility index (Phi) is 12.7. The van der Waals surface area contributed by atoms with Crippen LogP contribution in [-0.4, -0.2) is 94.3 Å². The van der Waals surface area contributed by atoms with E-state index in [0.29, 0.717) is 27.9 Å². The van der Waals surface area contributed by atoms with Gasteiger partial charge in [-0.05, 0) is 76.8 Å². The minimum Gasteiger partial charge on any atom is -0.493 e. The Balaban J connectivity index is 2.10. The number of carbonyl (C=O) groups is 2. The number of para-hydroxylation sites is 1. The fourth-order valence-corrected chi connectivity index (χ4v) is 8.28. The van der Waals surface area contributed by atoms with Crippen LogP contribution in [0.3, 0.4) is 0 Å². The summed E-state index contributed by atoms with van der Waals surface area (Å²) in [6.45, 7) is 6.77. The van der Waals surface area contributed by atoms with Crippen LogP contribution < -0.4 is 9.47 Å². The van der Waals surface area contributed by atoms with Gasteiger partial charge in [0.05, 0.1) is 43.3 Å². The van der Waals surface area contributed by atoms with E-state index >= 15 is 0 Å². The van der Waals surface area contributed by atoms with Gasteiger partial charge in [-0.25, -0.2) is 17.8 Å². The van der Waals surface area contributed by atoms with Gasteiger partial charge in [-0.3, -0.25) is 14.9 Å². The molecule has 2 heterocycles. The predicted octanol–water partition coefficient (Wildman–Crippen LogP) is 5.95. The minimum atomic E-state index is -4.46. The fraction of sp³-hybridized carbons (Fsp3) is 0.500. The van der Waals surface area contributed by atoms with E-state index in [9.17, 15) is 28.1 Å². The zero-order valence-corrected chi connectivity index (χ0v) is 31.6. The van der Waals surface area contributed by atoms with E-state index in [1.165, 1.54) is 55.5 Å². The molecule has 1 aliphatic rings. The molecule has 0 amide bonds. The first-order chi connectivity index (χ1) is 24.6. The van der Waals surface area contributed by atoms with Crippen molar-refractivity contribution in [1.29, 1.82) is 0 Å². The van der Waals surface area contributed by atoms with E-state index in [-0.39, 0.29) is 51.1 Å². The van der Waals surface area contributed by atoms with E-state index < -0.39 is 54.9 Å². The van der Waals surface area contributed by atoms with Crippen molar-refractivity contribution in [3.63, 3.8) is 0 Å². The summed E-state index contributed by atoms with van der Waals surface area (Å²) in [5, 5.41) is 12.5. The highest BCUT2D eigenvalue weighted by molar-refractivity contribution is 7.89. The van der Waals surface area contributed by atoms with Crippen molar-refractivity contribution in [3.05, 3.63) is 63.8 Å². The number of esters is 1. The van der Waals surface area contributed by atoms with Gasteiger partial charge in [-0.2, -0.15) is 4.31 Å². The van der Waals surface area contributed by atoms with E-state index in [0.717, 1.165) is 6.07 Å². The van der Waals surface area contributed by atoms with Gasteiger partial charge in [0, 0.05) is 38.8 Å². The van der Waals surface area contributed by atoms with Crippen molar-refractivity contribution in [2.24, 2.45) is 5.41 Å². The molecule has 0 aliphatic carbocycles. The molecule has 15 nitrogen and oxygen atoms in total. The minimum absolute atomic E-state index is 0.0597. The second-order valence-corrected chi connectivity index (χ2v) is 15.1. The van der Waals surface area contributed by atoms with Crippen molar-refractivity contribution < 1.29 is 51.4 Å². The standard InChI is InChI=1S/C36H47N3O12S/c1-9-50-30(40)23-36(33(48-7)49-8)19-12-21-37(52(44,45)29-14-11-10-13-27(29)39(42)43)22-18-24-25-15-16-28(46-5)32(47-6)31(25)38(26(24)17-20-36)34(41)51-35(2,3)4/h10-11,13-17,20,33H,9,12,18-19,21-23H2,1-8H3/b20-17+/t36-/m1/s1. The summed E-state index contributed by atoms with van der Waals surface area (Å²) in [4.78, 5) is 38.2. The molecular weight excluding hydrogens is 698 g/mol. The van der Waals surface area contributed by atoms with Crippen molar-refractivity contribution in [1.82, 2.24) is 8.87 Å². The quantitative estimate of drug-likeness (QED) is 0.0978. The number of fused-ring (bicyclic) bond motifs is 3. The van der Waals surface area contributed by atoms with Gasteiger partial charge in [0.1, 0.15) is 11.1 Å². The van der Waals surface area contributed by atoms with Gasteiger partial charge < -0.3 is 28.4 Å². The lowest BCUT2D eigenvalue weighted by molar-refractivity contribution is -0.387. The highest BCUT2D eigenvalue weighted by atomic mass is 32.2. The van der Waals surface area contributed by atoms with E-state index in [4.69, 9.17) is 28.4 Å². The van der Waals surface area contributed by atoms with Crippen LogP contribution >= 0.6 is 0 Å². The number of benzene rings is 2. The number of nitro groups is 1. The monoisotopic (exact) mass is 745 g/mol. The number of ether oxygens (including phenoxy) is 6. The molecule has 1 atom stereocenters. The second kappa shape index (κ2) is 16.4. The molecule has 0 fully saturated rings. The molecule has 1 aromatic heterocycles. The number of methoxy groups -OCH3 is 4. The molecule has 0 spiro atoms. The number of hydrogen-bond donors (Lipinski definition) is 0. The largest absolute Gasteiger partial charge is 0.493 e. The Labute approximate surface area is 303 Å². The predicted molar refractivity (Wildman–Crippen MR) is 192 cm³/mol. The van der Waals surface area contributed by atoms with Crippen molar-refractivity contribution >= 4 is 44.8 Å². The molecule has 3 aromatic rings. The average molecular weight is 746 g/mol. The summed E-state index contributed by atoms with van der Waals surface area (Å²) in [7, 11) is 1.28. The van der Waals surface area contributed by atoms with Gasteiger partial charge in [-0.1, -0.05) is 18.2 Å². The van der Waals surface area contributed by atoms with Crippen LogP contribution in [0.1, 0.15) is 58.2 Å². The van der Waals surface area contributed by atoms with Gasteiger partial charge in [0.25, 0.3) is 5.69 Å². The summed E-state index contributed by atoms with van der Waals surface area (Å²) < 4.78 is 65.3. The number of rotatable bonds is 11. The second-order valence-electron chi connectivity index (χ2n) is 13.2. The molecule has 2 aromatic carbocycles. The maximum Gasteiger partial charge on any atom is 0.419 e. The lowest BCUT2D eigenvalue weighted by atomic mass is 9.78. The summed E-state index contributed by atoms with van der Waals surface area (Å²) in [5.41, 5.74) is -1.55. The maximum absolute atomic E-state index is 14.3. The number of nitro benzene ring substituents is 1. The number of sulfonamides is 1. The topological polar surface area (TPSA) is 175 Å². The van der Waals surface area contributed by atoms with Gasteiger partial charge >= 0.3 is 12.1 Å². The molecule has 0 saturated carbocycles. The third-order valence-electron chi connectivity index (χ3n) is 8.78. The summed E-state index contributed by atoms with van der Waals surface area (Å²) in [6, 6.07) is 8.58. The fourth-order valence-electron chi connectivity index (χ4n) is 6.64. The normalized spacial score (nSPS) is 17.9. The Morgan fingerprint density at radius 3 is 2.31 bits per heavy atom. The van der Waals surface area contributed by atoms with Crippen LogP contribution in [0.5, 0.6) is 11.5 Å². The lowest BCUT2D eigenvalue weighted by Gasteiger charge is -2.36. The molecule has 52 heavy (non-hydrogen) atoms. The zero-order valence-electron chi connectivity index (χ0n) is 30.8. The van der Waals surface area contributed by atoms with Crippen LogP contribution in [0.25, 0.3) is 17.0 Å². The number of aromatic nitrogens is 1. The Hall–Kier alpha value is -4.51. The first-order valence-corrected chi connectivity index (χ1v) is 18.2. The highest BCUT2D eigenvalue weighted by Gasteiger charge is 2.42. The Bertz CT molecular complexity index is 1930. The molecule has 0 N–H and O–H groups in total. The first kappa shape index (κ1) is 40.3. The van der Waals surface area contributed by atoms with Crippen molar-refractivity contribution in [3.8, 4) is 11.5 Å². The smallest absolute Gasteiger partial charge is 0.419 e. The van der Waals surface area contributed by atoms with E-state index in [1.54, 1.807) is 52.0 Å². The zero-order chi connectivity index (χ0) is 38.4. The highest BCUT2D eigenvalue weighted by Crippen LogP contribution is 2.43. The molecule has 16 heteroatoms. The van der Waals surface area contributed by atoms with E-state index in [2.05, 4.69) is 0 Å². The van der Waals surface area contributed by atoms with Crippen molar-refractivity contribution in [2.45, 2.75) is 70.2 Å². The SMILES string of the molecule is CCOC(=O)C[C@]1(C(OC)OC)/C=C/c2c(c3ccc(OC)c(OC)c3n2C(=O)OC(C)(C)C)CCN(S(=O)(=O)c2ccccc2[N+](=O)[O-])CCC1. The average Bonchev–Trinajstić information content (AvgIpc) is 3.39. The van der Waals surface area contributed by atoms with Gasteiger partial charge in [0.2, 0.25) is 10.0 Å². The molecule has 4 rings (SSSR count). The van der Waals surface area contributed by atoms with Crippen LogP contribution in [0.15, 0.2) is 47.4 Å². The van der Waals surface area contributed by atoms with E-state index in [1.807, 2.05) is 0 Å². The molecule has 0 unspecified atom stereocenters. The summed E-state index contributed by atoms with van der Waals surface area (Å²) >= 11 is 0. The molecule has 0 saturated heterocycles. The molecule has 1 aliphatic heterocycles. The summed E-state index contributed by atoms with van der Waals surface area (Å²) in [6.07, 6.45) is 1.82. The van der Waals surface area contributed by atoms with Crippen LogP contribution in [0.4, 0.5) is 10.5 Å². The number of hydrogen-bond acceptors (Lipinski definition) is 12. The molecule has 0 bridgehead atoms. The third kappa shape index (κ3) is 8.25. The van der Waals surface area contributed by atoms with Crippen molar-refractivity contribution in [2.75, 3.05) is 48.1 Å². The molecule has 0 radical (unpaired) electrons. The van der Waals surface area contributed by atoms with Crippen LogP contribution in [-0.2, 0) is 40.2 Å². The Morgan fingerprint density at radius 2 is 1.71 bits per heavy atom. The first-order valence-electron chi connectivity index (χ1n) is 16.7. The molecule has 284 valence electrons. The third-order valence-corrected chi connectivity index (χ3v) is 10.7. The van der Waals surface area contributed by atoms with Gasteiger partial charge in [-0.15, -0.1) is 0 Å². The number of carbonyl (C=O) groups excluding carboxylic acids is 2. The lowest BCUT2D eigenvalue weighted by Crippen LogP contribution is -2.40.